The lowest BCUT2D eigenvalue weighted by atomic mass is 9.93. The zero-order chi connectivity index (χ0) is 22.4. The summed E-state index contributed by atoms with van der Waals surface area (Å²) in [4.78, 5) is 25.2. The molecule has 9 heteroatoms. The molecule has 9 nitrogen and oxygen atoms in total. The third-order valence-corrected chi connectivity index (χ3v) is 4.97. The number of ether oxygens (including phenoxy) is 3. The van der Waals surface area contributed by atoms with Gasteiger partial charge in [0.25, 0.3) is 5.91 Å². The van der Waals surface area contributed by atoms with Crippen molar-refractivity contribution in [3.63, 3.8) is 0 Å². The van der Waals surface area contributed by atoms with Gasteiger partial charge in [0.15, 0.2) is 11.5 Å². The van der Waals surface area contributed by atoms with E-state index in [4.69, 9.17) is 14.2 Å². The van der Waals surface area contributed by atoms with E-state index < -0.39 is 0 Å². The minimum atomic E-state index is -0.348. The number of amides is 2. The van der Waals surface area contributed by atoms with Gasteiger partial charge in [-0.05, 0) is 39.3 Å². The number of aryl methyl sites for hydroxylation is 1. The van der Waals surface area contributed by atoms with Crippen LogP contribution in [0.15, 0.2) is 24.5 Å². The van der Waals surface area contributed by atoms with Crippen LogP contribution in [0.3, 0.4) is 0 Å². The molecule has 0 aliphatic carbocycles. The smallest absolute Gasteiger partial charge is 0.251 e. The SMILES string of the molecule is CCOc1cc(C(=O)N[C@H]2CCC(=O)N[C@H]2c2cnn(C)c2)cc(OCC)c1OCC. The molecule has 31 heavy (non-hydrogen) atoms. The van der Waals surface area contributed by atoms with Crippen molar-refractivity contribution in [1.82, 2.24) is 20.4 Å². The largest absolute Gasteiger partial charge is 0.490 e. The van der Waals surface area contributed by atoms with Crippen molar-refractivity contribution in [2.24, 2.45) is 7.05 Å². The van der Waals surface area contributed by atoms with Gasteiger partial charge in [-0.3, -0.25) is 14.3 Å². The molecule has 1 aromatic heterocycles. The highest BCUT2D eigenvalue weighted by Crippen LogP contribution is 2.39. The Kier molecular flexibility index (Phi) is 7.38. The number of benzene rings is 1. The number of hydrogen-bond donors (Lipinski definition) is 2. The first-order valence-electron chi connectivity index (χ1n) is 10.6. The summed E-state index contributed by atoms with van der Waals surface area (Å²) in [7, 11) is 1.81. The van der Waals surface area contributed by atoms with E-state index >= 15 is 0 Å². The number of aromatic nitrogens is 2. The highest BCUT2D eigenvalue weighted by molar-refractivity contribution is 5.96. The van der Waals surface area contributed by atoms with E-state index in [1.54, 1.807) is 23.0 Å². The maximum atomic E-state index is 13.2. The zero-order valence-corrected chi connectivity index (χ0v) is 18.4. The van der Waals surface area contributed by atoms with Crippen LogP contribution < -0.4 is 24.8 Å². The molecule has 0 bridgehead atoms. The van der Waals surface area contributed by atoms with Gasteiger partial charge in [-0.15, -0.1) is 0 Å². The fourth-order valence-electron chi connectivity index (χ4n) is 3.64. The highest BCUT2D eigenvalue weighted by Gasteiger charge is 2.32. The Bertz CT molecular complexity index is 899. The van der Waals surface area contributed by atoms with Crippen molar-refractivity contribution in [2.75, 3.05) is 19.8 Å². The van der Waals surface area contributed by atoms with Crippen molar-refractivity contribution in [2.45, 2.75) is 45.7 Å². The molecule has 2 atom stereocenters. The minimum absolute atomic E-state index is 0.0438. The average molecular weight is 431 g/mol. The van der Waals surface area contributed by atoms with Gasteiger partial charge in [-0.2, -0.15) is 5.10 Å². The summed E-state index contributed by atoms with van der Waals surface area (Å²) < 4.78 is 18.8. The van der Waals surface area contributed by atoms with Gasteiger partial charge in [0.05, 0.1) is 38.1 Å². The number of nitrogens with one attached hydrogen (secondary N) is 2. The predicted molar refractivity (Wildman–Crippen MR) is 115 cm³/mol. The third-order valence-electron chi connectivity index (χ3n) is 4.97. The number of piperidine rings is 1. The van der Waals surface area contributed by atoms with E-state index in [2.05, 4.69) is 15.7 Å². The summed E-state index contributed by atoms with van der Waals surface area (Å²) in [6.07, 6.45) is 4.42. The number of carbonyl (C=O) groups excluding carboxylic acids is 2. The van der Waals surface area contributed by atoms with Crippen molar-refractivity contribution < 1.29 is 23.8 Å². The van der Waals surface area contributed by atoms with Crippen molar-refractivity contribution in [3.8, 4) is 17.2 Å². The summed E-state index contributed by atoms with van der Waals surface area (Å²) >= 11 is 0. The van der Waals surface area contributed by atoms with Gasteiger partial charge in [0.1, 0.15) is 0 Å². The van der Waals surface area contributed by atoms with Crippen molar-refractivity contribution in [3.05, 3.63) is 35.7 Å². The van der Waals surface area contributed by atoms with Gasteiger partial charge in [0.2, 0.25) is 11.7 Å². The molecule has 1 aliphatic rings. The highest BCUT2D eigenvalue weighted by atomic mass is 16.5. The van der Waals surface area contributed by atoms with Crippen molar-refractivity contribution in [1.29, 1.82) is 0 Å². The molecule has 0 spiro atoms. The van der Waals surface area contributed by atoms with Gasteiger partial charge in [-0.1, -0.05) is 0 Å². The molecule has 168 valence electrons. The van der Waals surface area contributed by atoms with E-state index in [-0.39, 0.29) is 23.9 Å². The van der Waals surface area contributed by atoms with Crippen LogP contribution in [0.25, 0.3) is 0 Å². The molecule has 0 unspecified atom stereocenters. The second kappa shape index (κ2) is 10.2. The molecule has 0 saturated carbocycles. The quantitative estimate of drug-likeness (QED) is 0.633. The maximum absolute atomic E-state index is 13.2. The Balaban J connectivity index is 1.87. The Morgan fingerprint density at radius 1 is 1.16 bits per heavy atom. The molecular weight excluding hydrogens is 400 g/mol. The number of carbonyl (C=O) groups is 2. The molecule has 1 saturated heterocycles. The summed E-state index contributed by atoms with van der Waals surface area (Å²) in [5.41, 5.74) is 1.25. The molecule has 2 amide bonds. The van der Waals surface area contributed by atoms with Crippen LogP contribution in [0.5, 0.6) is 17.2 Å². The molecule has 2 aromatic rings. The number of hydrogen-bond acceptors (Lipinski definition) is 6. The van der Waals surface area contributed by atoms with E-state index in [1.165, 1.54) is 0 Å². The van der Waals surface area contributed by atoms with Crippen molar-refractivity contribution >= 4 is 11.8 Å². The standard InChI is InChI=1S/C22H30N4O5/c1-5-29-17-10-14(11-18(30-6-2)21(17)31-7-3)22(28)24-16-8-9-19(27)25-20(16)15-12-23-26(4)13-15/h10-13,16,20H,5-9H2,1-4H3,(H,24,28)(H,25,27)/t16-,20-/m0/s1. The van der Waals surface area contributed by atoms with Crippen LogP contribution in [0.2, 0.25) is 0 Å². The van der Waals surface area contributed by atoms with Crippen LogP contribution >= 0.6 is 0 Å². The van der Waals surface area contributed by atoms with E-state index in [9.17, 15) is 9.59 Å². The summed E-state index contributed by atoms with van der Waals surface area (Å²) in [6.45, 7) is 6.91. The average Bonchev–Trinajstić information content (AvgIpc) is 3.18. The zero-order valence-electron chi connectivity index (χ0n) is 18.4. The Hall–Kier alpha value is -3.23. The fraction of sp³-hybridized carbons (Fsp3) is 0.500. The van der Waals surface area contributed by atoms with Crippen LogP contribution in [0.1, 0.15) is 55.6 Å². The second-order valence-corrected chi connectivity index (χ2v) is 7.21. The lowest BCUT2D eigenvalue weighted by Crippen LogP contribution is -2.50. The molecule has 3 rings (SSSR count). The summed E-state index contributed by atoms with van der Waals surface area (Å²) in [5.74, 6) is 1.08. The van der Waals surface area contributed by atoms with Crippen LogP contribution in [-0.4, -0.2) is 47.5 Å². The van der Waals surface area contributed by atoms with Crippen LogP contribution in [0, 0.1) is 0 Å². The van der Waals surface area contributed by atoms with Gasteiger partial charge in [-0.25, -0.2) is 0 Å². The molecule has 2 heterocycles. The lowest BCUT2D eigenvalue weighted by molar-refractivity contribution is -0.123. The van der Waals surface area contributed by atoms with Crippen LogP contribution in [-0.2, 0) is 11.8 Å². The number of nitrogens with zero attached hydrogens (tertiary/aromatic N) is 2. The maximum Gasteiger partial charge on any atom is 0.251 e. The fourth-order valence-corrected chi connectivity index (χ4v) is 3.64. The van der Waals surface area contributed by atoms with E-state index in [0.29, 0.717) is 55.5 Å². The Labute approximate surface area is 182 Å². The topological polar surface area (TPSA) is 104 Å². The molecule has 1 fully saturated rings. The Morgan fingerprint density at radius 3 is 2.35 bits per heavy atom. The normalized spacial score (nSPS) is 18.3. The summed E-state index contributed by atoms with van der Waals surface area (Å²) in [5, 5.41) is 10.2. The van der Waals surface area contributed by atoms with Gasteiger partial charge < -0.3 is 24.8 Å². The summed E-state index contributed by atoms with van der Waals surface area (Å²) in [6, 6.07) is 2.70. The van der Waals surface area contributed by atoms with E-state index in [0.717, 1.165) is 5.56 Å². The molecule has 2 N–H and O–H groups in total. The van der Waals surface area contributed by atoms with Gasteiger partial charge >= 0.3 is 0 Å². The Morgan fingerprint density at radius 2 is 1.81 bits per heavy atom. The predicted octanol–water partition coefficient (Wildman–Crippen LogP) is 2.37. The molecular formula is C22H30N4O5. The van der Waals surface area contributed by atoms with E-state index in [1.807, 2.05) is 34.0 Å². The second-order valence-electron chi connectivity index (χ2n) is 7.21. The first-order chi connectivity index (χ1) is 15.0. The minimum Gasteiger partial charge on any atom is -0.490 e. The van der Waals surface area contributed by atoms with Gasteiger partial charge in [0, 0.05) is 30.8 Å². The molecule has 0 radical (unpaired) electrons. The first-order valence-corrected chi connectivity index (χ1v) is 10.6. The molecule has 1 aliphatic heterocycles. The molecule has 1 aromatic carbocycles. The number of rotatable bonds is 9. The third kappa shape index (κ3) is 5.28. The lowest BCUT2D eigenvalue weighted by Gasteiger charge is -2.32. The first kappa shape index (κ1) is 22.5. The van der Waals surface area contributed by atoms with Crippen LogP contribution in [0.4, 0.5) is 0 Å². The monoisotopic (exact) mass is 430 g/mol.